The molecule has 2 amide bonds. The van der Waals surface area contributed by atoms with E-state index in [0.717, 1.165) is 19.4 Å². The van der Waals surface area contributed by atoms with Gasteiger partial charge < -0.3 is 10.2 Å². The van der Waals surface area contributed by atoms with E-state index in [2.05, 4.69) is 31.8 Å². The predicted molar refractivity (Wildman–Crippen MR) is 66.5 cm³/mol. The maximum atomic E-state index is 12.2. The molecule has 1 saturated heterocycles. The van der Waals surface area contributed by atoms with E-state index < -0.39 is 6.04 Å². The van der Waals surface area contributed by atoms with Crippen LogP contribution in [-0.2, 0) is 9.59 Å². The molecule has 1 atom stereocenters. The summed E-state index contributed by atoms with van der Waals surface area (Å²) in [6.45, 7) is 6.30. The number of nitrogens with zero attached hydrogens (tertiary/aromatic N) is 1. The molecule has 16 heavy (non-hydrogen) atoms. The van der Waals surface area contributed by atoms with Crippen LogP contribution in [0.5, 0.6) is 0 Å². The second-order valence-electron chi connectivity index (χ2n) is 4.84. The van der Waals surface area contributed by atoms with Gasteiger partial charge in [-0.2, -0.15) is 12.6 Å². The van der Waals surface area contributed by atoms with Gasteiger partial charge in [-0.25, -0.2) is 0 Å². The average molecular weight is 244 g/mol. The third-order valence-electron chi connectivity index (χ3n) is 3.03. The minimum absolute atomic E-state index is 0.0206. The maximum absolute atomic E-state index is 12.2. The lowest BCUT2D eigenvalue weighted by Crippen LogP contribution is -2.53. The molecule has 0 aliphatic carbocycles. The SMILES string of the molecule is CC(=O)NC(CS)C(=O)N1CCCC1(C)C. The second kappa shape index (κ2) is 5.08. The molecule has 1 aliphatic rings. The van der Waals surface area contributed by atoms with Crippen molar-refractivity contribution < 1.29 is 9.59 Å². The van der Waals surface area contributed by atoms with Crippen molar-refractivity contribution in [1.29, 1.82) is 0 Å². The zero-order valence-corrected chi connectivity index (χ0v) is 11.0. The molecule has 0 spiro atoms. The number of rotatable bonds is 3. The number of carbonyl (C=O) groups excluding carboxylic acids is 2. The lowest BCUT2D eigenvalue weighted by Gasteiger charge is -2.34. The van der Waals surface area contributed by atoms with Crippen LogP contribution in [0.1, 0.15) is 33.6 Å². The number of hydrogen-bond acceptors (Lipinski definition) is 3. The van der Waals surface area contributed by atoms with E-state index in [1.807, 2.05) is 4.90 Å². The summed E-state index contributed by atoms with van der Waals surface area (Å²) < 4.78 is 0. The molecule has 0 aromatic carbocycles. The summed E-state index contributed by atoms with van der Waals surface area (Å²) in [4.78, 5) is 25.0. The third kappa shape index (κ3) is 2.90. The van der Waals surface area contributed by atoms with Gasteiger partial charge in [-0.15, -0.1) is 0 Å². The van der Waals surface area contributed by atoms with Crippen molar-refractivity contribution in [3.63, 3.8) is 0 Å². The van der Waals surface area contributed by atoms with Crippen molar-refractivity contribution in [3.8, 4) is 0 Å². The van der Waals surface area contributed by atoms with Gasteiger partial charge in [0.2, 0.25) is 11.8 Å². The number of carbonyl (C=O) groups is 2. The number of amides is 2. The molecular weight excluding hydrogens is 224 g/mol. The standard InChI is InChI=1S/C11H20N2O2S/c1-8(14)12-9(7-16)10(15)13-6-4-5-11(13,2)3/h9,16H,4-7H2,1-3H3,(H,12,14). The molecule has 5 heteroatoms. The van der Waals surface area contributed by atoms with Crippen molar-refractivity contribution in [3.05, 3.63) is 0 Å². The fourth-order valence-electron chi connectivity index (χ4n) is 2.13. The van der Waals surface area contributed by atoms with Gasteiger partial charge in [0, 0.05) is 24.8 Å². The zero-order valence-electron chi connectivity index (χ0n) is 10.1. The van der Waals surface area contributed by atoms with E-state index in [1.54, 1.807) is 0 Å². The molecule has 0 bridgehead atoms. The van der Waals surface area contributed by atoms with Crippen LogP contribution in [0.2, 0.25) is 0 Å². The van der Waals surface area contributed by atoms with E-state index >= 15 is 0 Å². The molecule has 0 radical (unpaired) electrons. The largest absolute Gasteiger partial charge is 0.344 e. The summed E-state index contributed by atoms with van der Waals surface area (Å²) in [5, 5.41) is 2.64. The average Bonchev–Trinajstić information content (AvgIpc) is 2.53. The van der Waals surface area contributed by atoms with Gasteiger partial charge in [0.15, 0.2) is 0 Å². The zero-order chi connectivity index (χ0) is 12.3. The van der Waals surface area contributed by atoms with Crippen molar-refractivity contribution >= 4 is 24.4 Å². The van der Waals surface area contributed by atoms with Crippen LogP contribution >= 0.6 is 12.6 Å². The van der Waals surface area contributed by atoms with E-state index in [9.17, 15) is 9.59 Å². The number of thiol groups is 1. The lowest BCUT2D eigenvalue weighted by molar-refractivity contribution is -0.138. The van der Waals surface area contributed by atoms with Crippen molar-refractivity contribution in [2.45, 2.75) is 45.2 Å². The summed E-state index contributed by atoms with van der Waals surface area (Å²) in [5.74, 6) is 0.127. The first-order valence-electron chi connectivity index (χ1n) is 5.58. The summed E-state index contributed by atoms with van der Waals surface area (Å²) in [7, 11) is 0. The summed E-state index contributed by atoms with van der Waals surface area (Å²) in [6, 6.07) is -0.502. The van der Waals surface area contributed by atoms with E-state index in [-0.39, 0.29) is 17.4 Å². The Morgan fingerprint density at radius 2 is 2.12 bits per heavy atom. The Bertz CT molecular complexity index is 292. The minimum Gasteiger partial charge on any atom is -0.344 e. The first-order chi connectivity index (χ1) is 7.38. The Morgan fingerprint density at radius 3 is 2.50 bits per heavy atom. The molecular formula is C11H20N2O2S. The lowest BCUT2D eigenvalue weighted by atomic mass is 10.0. The number of hydrogen-bond donors (Lipinski definition) is 2. The monoisotopic (exact) mass is 244 g/mol. The normalized spacial score (nSPS) is 20.6. The van der Waals surface area contributed by atoms with Gasteiger partial charge in [0.25, 0.3) is 0 Å². The van der Waals surface area contributed by atoms with Crippen molar-refractivity contribution in [2.24, 2.45) is 0 Å². The minimum atomic E-state index is -0.502. The Hall–Kier alpha value is -0.710. The Balaban J connectivity index is 2.71. The van der Waals surface area contributed by atoms with Crippen LogP contribution in [0, 0.1) is 0 Å². The van der Waals surface area contributed by atoms with E-state index in [0.29, 0.717) is 5.75 Å². The van der Waals surface area contributed by atoms with Gasteiger partial charge >= 0.3 is 0 Å². The van der Waals surface area contributed by atoms with Crippen LogP contribution in [0.4, 0.5) is 0 Å². The Kier molecular flexibility index (Phi) is 4.24. The van der Waals surface area contributed by atoms with Gasteiger partial charge in [-0.3, -0.25) is 9.59 Å². The second-order valence-corrected chi connectivity index (χ2v) is 5.21. The highest BCUT2D eigenvalue weighted by atomic mass is 32.1. The first kappa shape index (κ1) is 13.4. The van der Waals surface area contributed by atoms with Gasteiger partial charge in [-0.05, 0) is 26.7 Å². The Labute approximate surface area is 102 Å². The van der Waals surface area contributed by atoms with Gasteiger partial charge in [0.05, 0.1) is 0 Å². The molecule has 1 N–H and O–H groups in total. The first-order valence-corrected chi connectivity index (χ1v) is 6.21. The molecule has 0 aromatic heterocycles. The highest BCUT2D eigenvalue weighted by molar-refractivity contribution is 7.80. The van der Waals surface area contributed by atoms with Crippen LogP contribution in [0.3, 0.4) is 0 Å². The molecule has 1 rings (SSSR count). The van der Waals surface area contributed by atoms with Crippen molar-refractivity contribution in [1.82, 2.24) is 10.2 Å². The number of likely N-dealkylation sites (tertiary alicyclic amines) is 1. The fourth-order valence-corrected chi connectivity index (χ4v) is 2.38. The smallest absolute Gasteiger partial charge is 0.246 e. The Morgan fingerprint density at radius 1 is 1.50 bits per heavy atom. The summed E-state index contributed by atoms with van der Waals surface area (Å²) >= 11 is 4.12. The quantitative estimate of drug-likeness (QED) is 0.722. The number of nitrogens with one attached hydrogen (secondary N) is 1. The molecule has 4 nitrogen and oxygen atoms in total. The topological polar surface area (TPSA) is 49.4 Å². The molecule has 1 unspecified atom stereocenters. The van der Waals surface area contributed by atoms with Crippen molar-refractivity contribution in [2.75, 3.05) is 12.3 Å². The van der Waals surface area contributed by atoms with Gasteiger partial charge in [-0.1, -0.05) is 0 Å². The highest BCUT2D eigenvalue weighted by Crippen LogP contribution is 2.28. The fraction of sp³-hybridized carbons (Fsp3) is 0.818. The van der Waals surface area contributed by atoms with E-state index in [4.69, 9.17) is 0 Å². The molecule has 92 valence electrons. The molecule has 1 aliphatic heterocycles. The molecule has 1 heterocycles. The maximum Gasteiger partial charge on any atom is 0.246 e. The summed E-state index contributed by atoms with van der Waals surface area (Å²) in [6.07, 6.45) is 2.04. The predicted octanol–water partition coefficient (Wildman–Crippen LogP) is 0.822. The van der Waals surface area contributed by atoms with Gasteiger partial charge in [0.1, 0.15) is 6.04 Å². The molecule has 0 saturated carbocycles. The van der Waals surface area contributed by atoms with Crippen LogP contribution in [-0.4, -0.2) is 40.6 Å². The third-order valence-corrected chi connectivity index (χ3v) is 3.39. The molecule has 1 fully saturated rings. The highest BCUT2D eigenvalue weighted by Gasteiger charge is 2.38. The van der Waals surface area contributed by atoms with Crippen LogP contribution < -0.4 is 5.32 Å². The van der Waals surface area contributed by atoms with E-state index in [1.165, 1.54) is 6.92 Å². The van der Waals surface area contributed by atoms with Crippen LogP contribution in [0.15, 0.2) is 0 Å². The van der Waals surface area contributed by atoms with Crippen LogP contribution in [0.25, 0.3) is 0 Å². The summed E-state index contributed by atoms with van der Waals surface area (Å²) in [5.41, 5.74) is -0.100. The molecule has 0 aromatic rings.